The number of hydrogen-bond acceptors (Lipinski definition) is 3. The standard InChI is InChI=1S/C16H17ClN2O2/c1-11(8-12-4-3-7-18-10-12)19-16(20)14-6-5-13(17)9-15(14)21-2/h3-7,9-11H,8H2,1-2H3,(H,19,20)/t11-/m0/s1. The zero-order chi connectivity index (χ0) is 15.2. The van der Waals surface area contributed by atoms with Gasteiger partial charge >= 0.3 is 0 Å². The topological polar surface area (TPSA) is 51.2 Å². The number of aromatic nitrogens is 1. The number of benzene rings is 1. The van der Waals surface area contributed by atoms with Crippen LogP contribution in [0.4, 0.5) is 0 Å². The number of amides is 1. The molecule has 1 aromatic carbocycles. The fraction of sp³-hybridized carbons (Fsp3) is 0.250. The Bertz CT molecular complexity index is 617. The average Bonchev–Trinajstić information content (AvgIpc) is 2.47. The molecule has 0 fully saturated rings. The molecule has 110 valence electrons. The number of pyridine rings is 1. The van der Waals surface area contributed by atoms with Gasteiger partial charge in [-0.15, -0.1) is 0 Å². The van der Waals surface area contributed by atoms with Crippen molar-refractivity contribution in [2.75, 3.05) is 7.11 Å². The number of rotatable bonds is 5. The molecule has 21 heavy (non-hydrogen) atoms. The monoisotopic (exact) mass is 304 g/mol. The number of hydrogen-bond donors (Lipinski definition) is 1. The number of nitrogens with one attached hydrogen (secondary N) is 1. The first-order chi connectivity index (χ1) is 10.1. The molecule has 2 aromatic rings. The maximum Gasteiger partial charge on any atom is 0.255 e. The van der Waals surface area contributed by atoms with Crippen LogP contribution in [0.25, 0.3) is 0 Å². The lowest BCUT2D eigenvalue weighted by Crippen LogP contribution is -2.34. The summed E-state index contributed by atoms with van der Waals surface area (Å²) in [5.41, 5.74) is 1.55. The van der Waals surface area contributed by atoms with Crippen LogP contribution in [0.15, 0.2) is 42.7 Å². The molecule has 0 saturated carbocycles. The first-order valence-electron chi connectivity index (χ1n) is 6.63. The van der Waals surface area contributed by atoms with E-state index >= 15 is 0 Å². The SMILES string of the molecule is COc1cc(Cl)ccc1C(=O)N[C@@H](C)Cc1cccnc1. The van der Waals surface area contributed by atoms with E-state index in [-0.39, 0.29) is 11.9 Å². The Morgan fingerprint density at radius 1 is 1.43 bits per heavy atom. The zero-order valence-electron chi connectivity index (χ0n) is 12.0. The van der Waals surface area contributed by atoms with E-state index in [0.29, 0.717) is 16.3 Å². The third kappa shape index (κ3) is 4.20. The molecule has 2 rings (SSSR count). The fourth-order valence-corrected chi connectivity index (χ4v) is 2.24. The number of methoxy groups -OCH3 is 1. The highest BCUT2D eigenvalue weighted by Gasteiger charge is 2.15. The Kier molecular flexibility index (Phi) is 5.17. The van der Waals surface area contributed by atoms with Crippen LogP contribution in [0.2, 0.25) is 5.02 Å². The Morgan fingerprint density at radius 2 is 2.24 bits per heavy atom. The molecule has 0 aliphatic heterocycles. The molecular formula is C16H17ClN2O2. The number of ether oxygens (including phenoxy) is 1. The number of carbonyl (C=O) groups is 1. The van der Waals surface area contributed by atoms with Crippen molar-refractivity contribution < 1.29 is 9.53 Å². The second-order valence-corrected chi connectivity index (χ2v) is 5.22. The summed E-state index contributed by atoms with van der Waals surface area (Å²) in [6.07, 6.45) is 4.24. The maximum atomic E-state index is 12.3. The van der Waals surface area contributed by atoms with Crippen LogP contribution in [0.5, 0.6) is 5.75 Å². The van der Waals surface area contributed by atoms with Gasteiger partial charge < -0.3 is 10.1 Å². The van der Waals surface area contributed by atoms with E-state index in [0.717, 1.165) is 12.0 Å². The lowest BCUT2D eigenvalue weighted by Gasteiger charge is -2.15. The minimum Gasteiger partial charge on any atom is -0.496 e. The second kappa shape index (κ2) is 7.09. The first-order valence-corrected chi connectivity index (χ1v) is 7.01. The number of halogens is 1. The van der Waals surface area contributed by atoms with Crippen LogP contribution in [-0.2, 0) is 6.42 Å². The van der Waals surface area contributed by atoms with Gasteiger partial charge in [0.15, 0.2) is 0 Å². The fourth-order valence-electron chi connectivity index (χ4n) is 2.08. The zero-order valence-corrected chi connectivity index (χ0v) is 12.7. The third-order valence-electron chi connectivity index (χ3n) is 3.05. The minimum atomic E-state index is -0.181. The van der Waals surface area contributed by atoms with Crippen molar-refractivity contribution in [3.05, 3.63) is 58.9 Å². The number of carbonyl (C=O) groups excluding carboxylic acids is 1. The lowest BCUT2D eigenvalue weighted by molar-refractivity contribution is 0.0937. The van der Waals surface area contributed by atoms with Crippen molar-refractivity contribution in [2.24, 2.45) is 0 Å². The summed E-state index contributed by atoms with van der Waals surface area (Å²) < 4.78 is 5.19. The molecule has 1 N–H and O–H groups in total. The van der Waals surface area contributed by atoms with E-state index in [1.54, 1.807) is 30.6 Å². The van der Waals surface area contributed by atoms with Crippen LogP contribution in [0, 0.1) is 0 Å². The molecule has 1 heterocycles. The first kappa shape index (κ1) is 15.3. The molecule has 5 heteroatoms. The highest BCUT2D eigenvalue weighted by atomic mass is 35.5. The Hall–Kier alpha value is -2.07. The smallest absolute Gasteiger partial charge is 0.255 e. The highest BCUT2D eigenvalue weighted by molar-refractivity contribution is 6.30. The largest absolute Gasteiger partial charge is 0.496 e. The second-order valence-electron chi connectivity index (χ2n) is 4.78. The molecule has 0 bridgehead atoms. The molecule has 1 aromatic heterocycles. The molecule has 1 atom stereocenters. The molecule has 0 aliphatic carbocycles. The molecule has 4 nitrogen and oxygen atoms in total. The van der Waals surface area contributed by atoms with Crippen molar-refractivity contribution in [3.8, 4) is 5.75 Å². The van der Waals surface area contributed by atoms with E-state index in [2.05, 4.69) is 10.3 Å². The summed E-state index contributed by atoms with van der Waals surface area (Å²) in [7, 11) is 1.52. The summed E-state index contributed by atoms with van der Waals surface area (Å²) in [5, 5.41) is 3.48. The van der Waals surface area contributed by atoms with Gasteiger partial charge in [-0.1, -0.05) is 17.7 Å². The van der Waals surface area contributed by atoms with Crippen molar-refractivity contribution in [1.29, 1.82) is 0 Å². The normalized spacial score (nSPS) is 11.8. The van der Waals surface area contributed by atoms with Crippen LogP contribution in [0.3, 0.4) is 0 Å². The molecule has 0 spiro atoms. The molecule has 0 radical (unpaired) electrons. The molecule has 0 unspecified atom stereocenters. The summed E-state index contributed by atoms with van der Waals surface area (Å²) in [4.78, 5) is 16.4. The molecule has 1 amide bonds. The van der Waals surface area contributed by atoms with Gasteiger partial charge in [0.05, 0.1) is 12.7 Å². The van der Waals surface area contributed by atoms with Crippen molar-refractivity contribution in [1.82, 2.24) is 10.3 Å². The van der Waals surface area contributed by atoms with Crippen molar-refractivity contribution in [2.45, 2.75) is 19.4 Å². The summed E-state index contributed by atoms with van der Waals surface area (Å²) in [5.74, 6) is 0.286. The molecule has 0 aliphatic rings. The summed E-state index contributed by atoms with van der Waals surface area (Å²) in [6, 6.07) is 8.81. The van der Waals surface area contributed by atoms with Gasteiger partial charge in [-0.2, -0.15) is 0 Å². The minimum absolute atomic E-state index is 0.0120. The van der Waals surface area contributed by atoms with Crippen LogP contribution in [-0.4, -0.2) is 24.0 Å². The van der Waals surface area contributed by atoms with Gasteiger partial charge in [-0.3, -0.25) is 9.78 Å². The van der Waals surface area contributed by atoms with E-state index in [1.165, 1.54) is 7.11 Å². The van der Waals surface area contributed by atoms with Gasteiger partial charge in [0.1, 0.15) is 5.75 Å². The van der Waals surface area contributed by atoms with Gasteiger partial charge in [-0.05, 0) is 43.2 Å². The van der Waals surface area contributed by atoms with Gasteiger partial charge in [-0.25, -0.2) is 0 Å². The average molecular weight is 305 g/mol. The molecular weight excluding hydrogens is 288 g/mol. The van der Waals surface area contributed by atoms with Crippen LogP contribution >= 0.6 is 11.6 Å². The van der Waals surface area contributed by atoms with Crippen LogP contribution in [0.1, 0.15) is 22.8 Å². The predicted molar refractivity (Wildman–Crippen MR) is 82.9 cm³/mol. The lowest BCUT2D eigenvalue weighted by atomic mass is 10.1. The summed E-state index contributed by atoms with van der Waals surface area (Å²) in [6.45, 7) is 1.95. The van der Waals surface area contributed by atoms with E-state index in [4.69, 9.17) is 16.3 Å². The van der Waals surface area contributed by atoms with Gasteiger partial charge in [0.25, 0.3) is 5.91 Å². The Labute approximate surface area is 129 Å². The molecule has 0 saturated heterocycles. The van der Waals surface area contributed by atoms with E-state index in [9.17, 15) is 4.79 Å². The quantitative estimate of drug-likeness (QED) is 0.923. The van der Waals surface area contributed by atoms with Gasteiger partial charge in [0, 0.05) is 23.5 Å². The summed E-state index contributed by atoms with van der Waals surface area (Å²) >= 11 is 5.89. The van der Waals surface area contributed by atoms with Crippen molar-refractivity contribution >= 4 is 17.5 Å². The Balaban J connectivity index is 2.04. The third-order valence-corrected chi connectivity index (χ3v) is 3.29. The van der Waals surface area contributed by atoms with E-state index < -0.39 is 0 Å². The van der Waals surface area contributed by atoms with Crippen molar-refractivity contribution in [3.63, 3.8) is 0 Å². The predicted octanol–water partition coefficient (Wildman–Crippen LogP) is 3.10. The highest BCUT2D eigenvalue weighted by Crippen LogP contribution is 2.23. The Morgan fingerprint density at radius 3 is 2.90 bits per heavy atom. The number of nitrogens with zero attached hydrogens (tertiary/aromatic N) is 1. The van der Waals surface area contributed by atoms with Gasteiger partial charge in [0.2, 0.25) is 0 Å². The van der Waals surface area contributed by atoms with E-state index in [1.807, 2.05) is 19.1 Å². The maximum absolute atomic E-state index is 12.3. The van der Waals surface area contributed by atoms with Crippen LogP contribution < -0.4 is 10.1 Å².